The van der Waals surface area contributed by atoms with Gasteiger partial charge in [-0.25, -0.2) is 9.97 Å². The standard InChI is InChI=1S/C20H19N3/c1-13-10-11-18(12-14(13)2)22-19-15(3)16(4)21-20(23-19)17-8-6-5-7-9-17/h5-10,12H,1H2,2-4H3,(H,21,22,23). The molecule has 0 bridgehead atoms. The van der Waals surface area contributed by atoms with E-state index >= 15 is 0 Å². The molecule has 0 unspecified atom stereocenters. The molecule has 0 saturated carbocycles. The summed E-state index contributed by atoms with van der Waals surface area (Å²) in [5.41, 5.74) is 9.20. The number of hydrogen-bond acceptors (Lipinski definition) is 3. The van der Waals surface area contributed by atoms with Crippen molar-refractivity contribution in [3.8, 4) is 11.4 Å². The molecule has 3 rings (SSSR count). The molecule has 0 spiro atoms. The third-order valence-electron chi connectivity index (χ3n) is 3.94. The van der Waals surface area contributed by atoms with E-state index in [2.05, 4.69) is 22.6 Å². The molecule has 2 aromatic rings. The van der Waals surface area contributed by atoms with E-state index in [9.17, 15) is 0 Å². The predicted molar refractivity (Wildman–Crippen MR) is 95.1 cm³/mol. The maximum Gasteiger partial charge on any atom is 0.161 e. The van der Waals surface area contributed by atoms with Crippen LogP contribution in [0.4, 0.5) is 5.82 Å². The van der Waals surface area contributed by atoms with E-state index in [-0.39, 0.29) is 0 Å². The van der Waals surface area contributed by atoms with Crippen LogP contribution in [0, 0.1) is 13.8 Å². The summed E-state index contributed by atoms with van der Waals surface area (Å²) < 4.78 is 0. The largest absolute Gasteiger partial charge is 0.333 e. The molecule has 0 fully saturated rings. The fourth-order valence-corrected chi connectivity index (χ4v) is 2.30. The zero-order valence-electron chi connectivity index (χ0n) is 13.6. The van der Waals surface area contributed by atoms with Crippen LogP contribution in [0.25, 0.3) is 11.4 Å². The fourth-order valence-electron chi connectivity index (χ4n) is 2.30. The molecule has 1 aliphatic rings. The topological polar surface area (TPSA) is 37.8 Å². The zero-order valence-corrected chi connectivity index (χ0v) is 13.6. The predicted octanol–water partition coefficient (Wildman–Crippen LogP) is 4.73. The number of rotatable bonds is 3. The number of nitrogens with zero attached hydrogens (tertiary/aromatic N) is 2. The Hall–Kier alpha value is -2.90. The van der Waals surface area contributed by atoms with E-state index < -0.39 is 0 Å². The lowest BCUT2D eigenvalue weighted by Gasteiger charge is -2.14. The average molecular weight is 301 g/mol. The van der Waals surface area contributed by atoms with Crippen LogP contribution in [-0.4, -0.2) is 9.97 Å². The van der Waals surface area contributed by atoms with Crippen LogP contribution in [0.2, 0.25) is 0 Å². The summed E-state index contributed by atoms with van der Waals surface area (Å²) in [5, 5.41) is 3.36. The van der Waals surface area contributed by atoms with Gasteiger partial charge in [-0.05, 0) is 44.1 Å². The minimum Gasteiger partial charge on any atom is -0.333 e. The lowest BCUT2D eigenvalue weighted by atomic mass is 10.1. The Morgan fingerprint density at radius 2 is 1.78 bits per heavy atom. The minimum absolute atomic E-state index is 0.724. The first-order valence-electron chi connectivity index (χ1n) is 7.56. The molecule has 1 aromatic carbocycles. The number of hydrogen-bond donors (Lipinski definition) is 1. The monoisotopic (exact) mass is 301 g/mol. The summed E-state index contributed by atoms with van der Waals surface area (Å²) in [5.74, 6) is 1.53. The van der Waals surface area contributed by atoms with Crippen LogP contribution >= 0.6 is 0 Å². The lowest BCUT2D eigenvalue weighted by Crippen LogP contribution is -2.06. The van der Waals surface area contributed by atoms with Gasteiger partial charge in [0.1, 0.15) is 5.82 Å². The van der Waals surface area contributed by atoms with Gasteiger partial charge in [0, 0.05) is 16.8 Å². The smallest absolute Gasteiger partial charge is 0.161 e. The van der Waals surface area contributed by atoms with Gasteiger partial charge < -0.3 is 5.32 Å². The molecule has 1 heterocycles. The van der Waals surface area contributed by atoms with Crippen molar-refractivity contribution in [3.05, 3.63) is 82.9 Å². The maximum absolute atomic E-state index is 4.69. The van der Waals surface area contributed by atoms with E-state index in [0.29, 0.717) is 0 Å². The first-order valence-corrected chi connectivity index (χ1v) is 7.56. The summed E-state index contributed by atoms with van der Waals surface area (Å²) in [4.78, 5) is 9.30. The Labute approximate surface area is 136 Å². The van der Waals surface area contributed by atoms with Crippen molar-refractivity contribution in [2.45, 2.75) is 20.8 Å². The van der Waals surface area contributed by atoms with Crippen molar-refractivity contribution in [1.82, 2.24) is 9.97 Å². The molecule has 1 aliphatic carbocycles. The van der Waals surface area contributed by atoms with Gasteiger partial charge in [0.05, 0.1) is 5.70 Å². The second-order valence-corrected chi connectivity index (χ2v) is 5.65. The molecule has 0 atom stereocenters. The quantitative estimate of drug-likeness (QED) is 0.833. The molecule has 3 nitrogen and oxygen atoms in total. The number of nitrogens with one attached hydrogen (secondary N) is 1. The van der Waals surface area contributed by atoms with Gasteiger partial charge in [-0.2, -0.15) is 0 Å². The Bertz CT molecular complexity index is 867. The number of allylic oxidation sites excluding steroid dienone is 3. The van der Waals surface area contributed by atoms with Crippen LogP contribution in [-0.2, 0) is 0 Å². The fraction of sp³-hybridized carbons (Fsp3) is 0.150. The molecule has 0 amide bonds. The Kier molecular flexibility index (Phi) is 3.96. The van der Waals surface area contributed by atoms with Crippen molar-refractivity contribution in [3.63, 3.8) is 0 Å². The van der Waals surface area contributed by atoms with Crippen molar-refractivity contribution in [1.29, 1.82) is 0 Å². The van der Waals surface area contributed by atoms with Crippen molar-refractivity contribution < 1.29 is 0 Å². The van der Waals surface area contributed by atoms with E-state index in [4.69, 9.17) is 4.98 Å². The highest BCUT2D eigenvalue weighted by Crippen LogP contribution is 2.24. The summed E-state index contributed by atoms with van der Waals surface area (Å²) in [6.45, 7) is 10.0. The zero-order chi connectivity index (χ0) is 16.4. The second kappa shape index (κ2) is 6.07. The highest BCUT2D eigenvalue weighted by Gasteiger charge is 2.11. The van der Waals surface area contributed by atoms with Gasteiger partial charge >= 0.3 is 0 Å². The molecule has 3 heteroatoms. The minimum atomic E-state index is 0.724. The molecular formula is C20H19N3. The van der Waals surface area contributed by atoms with Crippen LogP contribution in [0.15, 0.2) is 71.6 Å². The highest BCUT2D eigenvalue weighted by atomic mass is 15.0. The molecule has 0 saturated heterocycles. The van der Waals surface area contributed by atoms with Gasteiger partial charge in [-0.1, -0.05) is 42.6 Å². The SMILES string of the molecule is C=C1C=C=C(Nc2nc(-c3ccccc3)nc(C)c2C)C=C1C. The average Bonchev–Trinajstić information content (AvgIpc) is 2.56. The highest BCUT2D eigenvalue weighted by molar-refractivity contribution is 5.62. The number of anilines is 1. The summed E-state index contributed by atoms with van der Waals surface area (Å²) in [6, 6.07) is 10.0. The number of aromatic nitrogens is 2. The van der Waals surface area contributed by atoms with Gasteiger partial charge in [-0.15, -0.1) is 0 Å². The third kappa shape index (κ3) is 3.15. The molecule has 23 heavy (non-hydrogen) atoms. The molecule has 114 valence electrons. The normalized spacial score (nSPS) is 13.6. The third-order valence-corrected chi connectivity index (χ3v) is 3.94. The molecular weight excluding hydrogens is 282 g/mol. The Morgan fingerprint density at radius 3 is 2.48 bits per heavy atom. The lowest BCUT2D eigenvalue weighted by molar-refractivity contribution is 1.07. The summed E-state index contributed by atoms with van der Waals surface area (Å²) in [7, 11) is 0. The van der Waals surface area contributed by atoms with Crippen molar-refractivity contribution in [2.24, 2.45) is 0 Å². The number of aryl methyl sites for hydroxylation is 1. The van der Waals surface area contributed by atoms with Crippen molar-refractivity contribution in [2.75, 3.05) is 5.32 Å². The molecule has 1 aromatic heterocycles. The van der Waals surface area contributed by atoms with Gasteiger partial charge in [0.15, 0.2) is 5.82 Å². The summed E-state index contributed by atoms with van der Waals surface area (Å²) >= 11 is 0. The summed E-state index contributed by atoms with van der Waals surface area (Å²) in [6.07, 6.45) is 3.92. The van der Waals surface area contributed by atoms with Gasteiger partial charge in [-0.3, -0.25) is 0 Å². The molecule has 1 N–H and O–H groups in total. The second-order valence-electron chi connectivity index (χ2n) is 5.65. The van der Waals surface area contributed by atoms with Gasteiger partial charge in [0.25, 0.3) is 0 Å². The van der Waals surface area contributed by atoms with Crippen LogP contribution < -0.4 is 5.32 Å². The van der Waals surface area contributed by atoms with E-state index in [1.165, 1.54) is 0 Å². The Morgan fingerprint density at radius 1 is 1.04 bits per heavy atom. The Balaban J connectivity index is 2.02. The van der Waals surface area contributed by atoms with E-state index in [1.54, 1.807) is 0 Å². The van der Waals surface area contributed by atoms with Crippen LogP contribution in [0.5, 0.6) is 0 Å². The van der Waals surface area contributed by atoms with Crippen LogP contribution in [0.3, 0.4) is 0 Å². The maximum atomic E-state index is 4.69. The van der Waals surface area contributed by atoms with E-state index in [1.807, 2.05) is 63.3 Å². The first-order chi connectivity index (χ1) is 11.0. The molecule has 0 radical (unpaired) electrons. The van der Waals surface area contributed by atoms with Crippen molar-refractivity contribution >= 4 is 5.82 Å². The molecule has 0 aliphatic heterocycles. The van der Waals surface area contributed by atoms with Crippen LogP contribution in [0.1, 0.15) is 18.2 Å². The van der Waals surface area contributed by atoms with Gasteiger partial charge in [0.2, 0.25) is 0 Å². The first kappa shape index (κ1) is 15.0. The van der Waals surface area contributed by atoms with E-state index in [0.717, 1.165) is 45.3 Å². The number of benzene rings is 1.